The quantitative estimate of drug-likeness (QED) is 0.124. The van der Waals surface area contributed by atoms with Gasteiger partial charge in [0.15, 0.2) is 5.78 Å². The highest BCUT2D eigenvalue weighted by Gasteiger charge is 2.38. The van der Waals surface area contributed by atoms with E-state index >= 15 is 0 Å². The normalized spacial score (nSPS) is 33.1. The fourth-order valence-corrected chi connectivity index (χ4v) is 6.17. The first kappa shape index (κ1) is 43.2. The molecule has 0 aliphatic carbocycles. The van der Waals surface area contributed by atoms with Crippen LogP contribution in [0.2, 0.25) is 0 Å². The van der Waals surface area contributed by atoms with E-state index < -0.39 is 54.4 Å². The molecule has 0 saturated carbocycles. The number of carbonyl (C=O) groups excluding carboxylic acids is 2. The summed E-state index contributed by atoms with van der Waals surface area (Å²) in [7, 11) is 2.83. The van der Waals surface area contributed by atoms with Gasteiger partial charge in [-0.2, -0.15) is 0 Å². The molecule has 0 radical (unpaired) electrons. The van der Waals surface area contributed by atoms with Crippen molar-refractivity contribution < 1.29 is 44.2 Å². The molecule has 1 rings (SSSR count). The molecular weight excluding hydrogens is 612 g/mol. The van der Waals surface area contributed by atoms with Crippen LogP contribution in [0.3, 0.4) is 0 Å². The number of cyclic esters (lactones) is 1. The second-order valence-electron chi connectivity index (χ2n) is 13.5. The Labute approximate surface area is 288 Å². The van der Waals surface area contributed by atoms with Gasteiger partial charge in [-0.15, -0.1) is 0 Å². The Bertz CT molecular complexity index is 1200. The summed E-state index contributed by atoms with van der Waals surface area (Å²) < 4.78 is 17.2. The maximum absolute atomic E-state index is 13.6. The predicted molar refractivity (Wildman–Crippen MR) is 190 cm³/mol. The molecule has 0 bridgehead atoms. The standard InChI is InChI=1S/C39H62O9/c1-12-15-31(40)25(5)18-19-32(41)28(8)37(44)29(9)38-33(46-10)17-14-16-23(3)20-26(6)35(42)30(13-2)36(43)27(7)21-24(4)22-34(47-11)39(45)48-38/h12,14-19,21-22,25-31,33,35-38,40,42-44H,13,20H2,1-11H3/b15-12+,17-14+,19-18+,23-16+,24-21+,34-22?. The minimum absolute atomic E-state index is 0.0887. The molecular formula is C39H62O9. The number of allylic oxidation sites excluding steroid dienone is 7. The highest BCUT2D eigenvalue weighted by atomic mass is 16.6. The van der Waals surface area contributed by atoms with Gasteiger partial charge in [0, 0.05) is 36.7 Å². The summed E-state index contributed by atoms with van der Waals surface area (Å²) in [5.74, 6) is -3.92. The summed E-state index contributed by atoms with van der Waals surface area (Å²) in [6.07, 6.45) is 11.0. The van der Waals surface area contributed by atoms with Crippen LogP contribution in [0.1, 0.15) is 75.2 Å². The third kappa shape index (κ3) is 12.9. The Morgan fingerprint density at radius 3 is 2.29 bits per heavy atom. The van der Waals surface area contributed by atoms with E-state index in [2.05, 4.69) is 0 Å². The van der Waals surface area contributed by atoms with Crippen LogP contribution in [0.5, 0.6) is 0 Å². The largest absolute Gasteiger partial charge is 0.490 e. The first-order chi connectivity index (χ1) is 22.5. The van der Waals surface area contributed by atoms with Gasteiger partial charge >= 0.3 is 5.97 Å². The Morgan fingerprint density at radius 1 is 1.08 bits per heavy atom. The van der Waals surface area contributed by atoms with Gasteiger partial charge in [0.25, 0.3) is 0 Å². The first-order valence-electron chi connectivity index (χ1n) is 17.1. The van der Waals surface area contributed by atoms with Gasteiger partial charge in [-0.25, -0.2) is 4.79 Å². The number of hydrogen-bond acceptors (Lipinski definition) is 9. The summed E-state index contributed by atoms with van der Waals surface area (Å²) in [5, 5.41) is 44.0. The molecule has 0 spiro atoms. The van der Waals surface area contributed by atoms with Gasteiger partial charge in [0.1, 0.15) is 12.2 Å². The lowest BCUT2D eigenvalue weighted by Gasteiger charge is -2.34. The minimum Gasteiger partial charge on any atom is -0.490 e. The van der Waals surface area contributed by atoms with Crippen LogP contribution in [-0.2, 0) is 23.8 Å². The number of esters is 1. The molecule has 0 saturated heterocycles. The Balaban J connectivity index is 3.59. The van der Waals surface area contributed by atoms with E-state index in [0.717, 1.165) is 5.57 Å². The van der Waals surface area contributed by atoms with Crippen molar-refractivity contribution in [3.05, 3.63) is 71.6 Å². The molecule has 4 N–H and O–H groups in total. The molecule has 0 aromatic rings. The van der Waals surface area contributed by atoms with Crippen LogP contribution >= 0.6 is 0 Å². The number of aliphatic hydroxyl groups is 4. The van der Waals surface area contributed by atoms with Crippen molar-refractivity contribution in [1.82, 2.24) is 0 Å². The summed E-state index contributed by atoms with van der Waals surface area (Å²) in [5.41, 5.74) is 1.65. The second-order valence-corrected chi connectivity index (χ2v) is 13.5. The van der Waals surface area contributed by atoms with E-state index in [1.807, 2.05) is 39.8 Å². The van der Waals surface area contributed by atoms with Crippen molar-refractivity contribution in [3.63, 3.8) is 0 Å². The number of methoxy groups -OCH3 is 2. The Morgan fingerprint density at radius 2 is 1.73 bits per heavy atom. The van der Waals surface area contributed by atoms with Crippen molar-refractivity contribution >= 4 is 11.8 Å². The lowest BCUT2D eigenvalue weighted by atomic mass is 9.79. The lowest BCUT2D eigenvalue weighted by molar-refractivity contribution is -0.162. The predicted octanol–water partition coefficient (Wildman–Crippen LogP) is 5.65. The number of carbonyl (C=O) groups is 2. The first-order valence-corrected chi connectivity index (χ1v) is 17.1. The zero-order valence-corrected chi connectivity index (χ0v) is 30.9. The number of ether oxygens (including phenoxy) is 3. The zero-order valence-electron chi connectivity index (χ0n) is 30.9. The van der Waals surface area contributed by atoms with E-state index in [1.54, 1.807) is 65.0 Å². The van der Waals surface area contributed by atoms with Crippen LogP contribution in [0, 0.1) is 35.5 Å². The van der Waals surface area contributed by atoms with E-state index in [4.69, 9.17) is 14.2 Å². The fraction of sp³-hybridized carbons (Fsp3) is 0.641. The van der Waals surface area contributed by atoms with Gasteiger partial charge in [-0.05, 0) is 51.7 Å². The van der Waals surface area contributed by atoms with Crippen molar-refractivity contribution in [1.29, 1.82) is 0 Å². The molecule has 0 aromatic heterocycles. The third-order valence-corrected chi connectivity index (χ3v) is 9.45. The van der Waals surface area contributed by atoms with Crippen LogP contribution in [0.25, 0.3) is 0 Å². The van der Waals surface area contributed by atoms with E-state index in [9.17, 15) is 30.0 Å². The fourth-order valence-electron chi connectivity index (χ4n) is 6.17. The summed E-state index contributed by atoms with van der Waals surface area (Å²) in [4.78, 5) is 26.6. The number of aliphatic hydroxyl groups excluding tert-OH is 4. The van der Waals surface area contributed by atoms with Gasteiger partial charge in [0.05, 0.1) is 31.5 Å². The maximum Gasteiger partial charge on any atom is 0.373 e. The van der Waals surface area contributed by atoms with Crippen LogP contribution in [0.15, 0.2) is 71.6 Å². The maximum atomic E-state index is 13.6. The van der Waals surface area contributed by atoms with Crippen molar-refractivity contribution in [2.45, 2.75) is 112 Å². The van der Waals surface area contributed by atoms with Crippen LogP contribution in [0.4, 0.5) is 0 Å². The van der Waals surface area contributed by atoms with Crippen molar-refractivity contribution in [2.75, 3.05) is 14.2 Å². The molecule has 0 aromatic carbocycles. The SMILES string of the molecule is C/C=C/C(O)C(C)/C=C/C(=O)C(C)C(O)C(C)C1OC(=O)C(OC)=C/C(C)=C/C(C)C(O)C(CC)C(O)C(C)C/C(C)=C/C=C/C1OC. The van der Waals surface area contributed by atoms with E-state index in [0.29, 0.717) is 18.4 Å². The molecule has 48 heavy (non-hydrogen) atoms. The summed E-state index contributed by atoms with van der Waals surface area (Å²) in [6.45, 7) is 16.4. The molecule has 1 aliphatic heterocycles. The van der Waals surface area contributed by atoms with Crippen LogP contribution in [-0.4, -0.2) is 83.0 Å². The van der Waals surface area contributed by atoms with Gasteiger partial charge in [-0.1, -0.05) is 95.2 Å². The average Bonchev–Trinajstić information content (AvgIpc) is 3.05. The van der Waals surface area contributed by atoms with Gasteiger partial charge < -0.3 is 34.6 Å². The second kappa shape index (κ2) is 21.3. The molecule has 1 aliphatic rings. The van der Waals surface area contributed by atoms with Crippen molar-refractivity contribution in [2.24, 2.45) is 35.5 Å². The average molecular weight is 675 g/mol. The molecule has 12 unspecified atom stereocenters. The highest BCUT2D eigenvalue weighted by molar-refractivity contribution is 5.92. The molecule has 0 fully saturated rings. The monoisotopic (exact) mass is 674 g/mol. The highest BCUT2D eigenvalue weighted by Crippen LogP contribution is 2.30. The molecule has 0 amide bonds. The molecule has 9 heteroatoms. The summed E-state index contributed by atoms with van der Waals surface area (Å²) >= 11 is 0. The van der Waals surface area contributed by atoms with Crippen molar-refractivity contribution in [3.8, 4) is 0 Å². The molecule has 1 heterocycles. The van der Waals surface area contributed by atoms with E-state index in [-0.39, 0.29) is 35.2 Å². The Kier molecular flexibility index (Phi) is 19.2. The number of ketones is 1. The zero-order chi connectivity index (χ0) is 36.7. The minimum atomic E-state index is -1.22. The molecule has 9 nitrogen and oxygen atoms in total. The van der Waals surface area contributed by atoms with E-state index in [1.165, 1.54) is 26.4 Å². The number of hydrogen-bond donors (Lipinski definition) is 4. The lowest BCUT2D eigenvalue weighted by Crippen LogP contribution is -2.45. The van der Waals surface area contributed by atoms with Gasteiger partial charge in [-0.3, -0.25) is 4.79 Å². The third-order valence-electron chi connectivity index (χ3n) is 9.45. The topological polar surface area (TPSA) is 143 Å². The molecule has 272 valence electrons. The smallest absolute Gasteiger partial charge is 0.373 e. The van der Waals surface area contributed by atoms with Crippen LogP contribution < -0.4 is 0 Å². The number of rotatable bonds is 11. The van der Waals surface area contributed by atoms with Gasteiger partial charge in [0.2, 0.25) is 5.76 Å². The summed E-state index contributed by atoms with van der Waals surface area (Å²) in [6, 6.07) is 0. The Hall–Kier alpha value is -2.82. The molecule has 12 atom stereocenters.